The summed E-state index contributed by atoms with van der Waals surface area (Å²) < 4.78 is 11.2. The van der Waals surface area contributed by atoms with Crippen molar-refractivity contribution in [1.82, 2.24) is 4.90 Å². The van der Waals surface area contributed by atoms with E-state index in [1.165, 1.54) is 0 Å². The summed E-state index contributed by atoms with van der Waals surface area (Å²) >= 11 is 0. The highest BCUT2D eigenvalue weighted by Crippen LogP contribution is 2.28. The molecule has 16 heavy (non-hydrogen) atoms. The Morgan fingerprint density at radius 2 is 0.812 bits per heavy atom. The average molecular weight is 255 g/mol. The van der Waals surface area contributed by atoms with Crippen LogP contribution in [0.5, 0.6) is 0 Å². The molecular weight excluding hydrogens is 219 g/mol. The van der Waals surface area contributed by atoms with Crippen molar-refractivity contribution in [2.45, 2.75) is 13.8 Å². The summed E-state index contributed by atoms with van der Waals surface area (Å²) in [6.45, 7) is 9.23. The van der Waals surface area contributed by atoms with E-state index in [0.29, 0.717) is 0 Å². The van der Waals surface area contributed by atoms with Crippen LogP contribution >= 0.6 is 7.14 Å². The zero-order valence-corrected chi connectivity index (χ0v) is 14.6. The van der Waals surface area contributed by atoms with E-state index in [0.717, 1.165) is 4.48 Å². The van der Waals surface area contributed by atoms with Gasteiger partial charge in [-0.05, 0) is 41.1 Å². The molecule has 0 aliphatic heterocycles. The van der Waals surface area contributed by atoms with Gasteiger partial charge >= 0.3 is 0 Å². The highest BCUT2D eigenvalue weighted by Gasteiger charge is 1.89. The summed E-state index contributed by atoms with van der Waals surface area (Å²) in [7, 11) is 12.9. The molecule has 3 nitrogen and oxygen atoms in total. The molecule has 4 heteroatoms. The minimum Gasteiger partial charge on any atom is -0.333 e. The van der Waals surface area contributed by atoms with Gasteiger partial charge in [0.15, 0.2) is 0 Å². The van der Waals surface area contributed by atoms with Gasteiger partial charge in [-0.1, -0.05) is 13.8 Å². The maximum atomic E-state index is 10.2. The molecule has 0 bridgehead atoms. The van der Waals surface area contributed by atoms with Crippen LogP contribution in [0.1, 0.15) is 13.8 Å². The number of quaternary nitrogens is 1. The van der Waals surface area contributed by atoms with Crippen molar-refractivity contribution in [3.8, 4) is 0 Å². The molecule has 104 valence electrons. The maximum Gasteiger partial charge on any atom is 0.0790 e. The van der Waals surface area contributed by atoms with Gasteiger partial charge in [0.25, 0.3) is 0 Å². The number of hydrogen-bond donors (Lipinski definition) is 0. The van der Waals surface area contributed by atoms with E-state index >= 15 is 0 Å². The van der Waals surface area contributed by atoms with Gasteiger partial charge in [0, 0.05) is 0 Å². The predicted octanol–water partition coefficient (Wildman–Crippen LogP) is 2.77. The van der Waals surface area contributed by atoms with E-state index in [9.17, 15) is 4.57 Å². The third kappa shape index (κ3) is 109000. The molecule has 0 N–H and O–H groups in total. The van der Waals surface area contributed by atoms with Crippen LogP contribution in [-0.4, -0.2) is 78.7 Å². The lowest BCUT2D eigenvalue weighted by Crippen LogP contribution is -2.27. The number of nitrogens with zero attached hydrogens (tertiary/aromatic N) is 2. The second-order valence-electron chi connectivity index (χ2n) is 5.91. The maximum absolute atomic E-state index is 10.2. The van der Waals surface area contributed by atoms with Crippen molar-refractivity contribution in [1.29, 1.82) is 0 Å². The van der Waals surface area contributed by atoms with Crippen molar-refractivity contribution in [3.63, 3.8) is 0 Å². The minimum absolute atomic E-state index is 1.00. The molecule has 0 fully saturated rings. The third-order valence-corrected chi connectivity index (χ3v) is 0. The molecule has 0 rings (SSSR count). The lowest BCUT2D eigenvalue weighted by atomic mass is 10.8. The average Bonchev–Trinajstić information content (AvgIpc) is 1.80. The number of hydrogen-bond acceptors (Lipinski definition) is 2. The standard InChI is InChI=1S/C4H12N.C3H9N.C3H9OP.C2H6/c1-5(2,3)4;1-4(2)3;1-5(2,3)4;1-2/h1-4H3;1-3H3;1-3H3;1-2H3/q+1;;;. The van der Waals surface area contributed by atoms with E-state index in [1.54, 1.807) is 20.0 Å². The van der Waals surface area contributed by atoms with Gasteiger partial charge in [0.05, 0.1) is 35.3 Å². The van der Waals surface area contributed by atoms with Gasteiger partial charge in [0.1, 0.15) is 0 Å². The second-order valence-corrected chi connectivity index (χ2v) is 9.69. The Kier molecular flexibility index (Phi) is 20.7. The Morgan fingerprint density at radius 3 is 0.812 bits per heavy atom. The molecule has 0 saturated carbocycles. The smallest absolute Gasteiger partial charge is 0.0790 e. The minimum atomic E-state index is -1.64. The van der Waals surface area contributed by atoms with Crippen molar-refractivity contribution in [3.05, 3.63) is 0 Å². The molecule has 0 aromatic rings. The summed E-state index contributed by atoms with van der Waals surface area (Å²) in [5, 5.41) is 0. The van der Waals surface area contributed by atoms with Crippen LogP contribution in [0.3, 0.4) is 0 Å². The van der Waals surface area contributed by atoms with E-state index in [-0.39, 0.29) is 0 Å². The zero-order valence-electron chi connectivity index (χ0n) is 13.7. The number of rotatable bonds is 0. The summed E-state index contributed by atoms with van der Waals surface area (Å²) in [5.41, 5.74) is 0. The molecule has 0 heterocycles. The first-order valence-electron chi connectivity index (χ1n) is 5.65. The fourth-order valence-electron chi connectivity index (χ4n) is 0. The summed E-state index contributed by atoms with van der Waals surface area (Å²) in [6.07, 6.45) is 0. The highest BCUT2D eigenvalue weighted by molar-refractivity contribution is 7.61. The molecule has 0 aromatic heterocycles. The zero-order chi connectivity index (χ0) is 14.6. The van der Waals surface area contributed by atoms with Crippen molar-refractivity contribution in [2.24, 2.45) is 0 Å². The molecule has 0 aliphatic rings. The Morgan fingerprint density at radius 1 is 0.812 bits per heavy atom. The molecule has 0 saturated heterocycles. The first kappa shape index (κ1) is 25.1. The van der Waals surface area contributed by atoms with E-state index in [2.05, 4.69) is 28.2 Å². The van der Waals surface area contributed by atoms with Gasteiger partial charge in [-0.25, -0.2) is 0 Å². The van der Waals surface area contributed by atoms with E-state index in [4.69, 9.17) is 0 Å². The Hall–Kier alpha value is 0.150. The second kappa shape index (κ2) is 13.2. The quantitative estimate of drug-likeness (QED) is 0.490. The van der Waals surface area contributed by atoms with Crippen LogP contribution in [0.15, 0.2) is 0 Å². The predicted molar refractivity (Wildman–Crippen MR) is 80.3 cm³/mol. The van der Waals surface area contributed by atoms with E-state index in [1.807, 2.05) is 39.9 Å². The molecular formula is C12H36N2OP+. The fourth-order valence-corrected chi connectivity index (χ4v) is 0. The van der Waals surface area contributed by atoms with E-state index < -0.39 is 7.14 Å². The molecule has 0 aromatic carbocycles. The third-order valence-electron chi connectivity index (χ3n) is 0. The Bertz CT molecular complexity index is 140. The van der Waals surface area contributed by atoms with Crippen molar-refractivity contribution >= 4 is 7.14 Å². The van der Waals surface area contributed by atoms with Crippen molar-refractivity contribution < 1.29 is 9.05 Å². The molecule has 0 aliphatic carbocycles. The summed E-state index contributed by atoms with van der Waals surface area (Å²) in [6, 6.07) is 0. The van der Waals surface area contributed by atoms with Crippen LogP contribution in [0.4, 0.5) is 0 Å². The van der Waals surface area contributed by atoms with Crippen molar-refractivity contribution in [2.75, 3.05) is 69.3 Å². The SMILES string of the molecule is CC.CN(C)C.CP(C)(C)=O.C[N+](C)(C)C. The highest BCUT2D eigenvalue weighted by atomic mass is 31.2. The Labute approximate surface area is 105 Å². The first-order chi connectivity index (χ1) is 6.73. The summed E-state index contributed by atoms with van der Waals surface area (Å²) in [4.78, 5) is 2.00. The van der Waals surface area contributed by atoms with Crippen LogP contribution in [-0.2, 0) is 4.57 Å². The molecule has 0 unspecified atom stereocenters. The molecule has 0 spiro atoms. The first-order valence-corrected chi connectivity index (χ1v) is 8.70. The summed E-state index contributed by atoms with van der Waals surface area (Å²) in [5.74, 6) is 0. The van der Waals surface area contributed by atoms with Crippen LogP contribution in [0.2, 0.25) is 0 Å². The lowest BCUT2D eigenvalue weighted by Gasteiger charge is -2.14. The largest absolute Gasteiger partial charge is 0.333 e. The Balaban J connectivity index is -0.0000000629. The van der Waals surface area contributed by atoms with Gasteiger partial charge < -0.3 is 13.9 Å². The van der Waals surface area contributed by atoms with Gasteiger partial charge in [-0.2, -0.15) is 0 Å². The van der Waals surface area contributed by atoms with Gasteiger partial charge in [0.2, 0.25) is 0 Å². The van der Waals surface area contributed by atoms with Crippen LogP contribution < -0.4 is 0 Å². The normalized spacial score (nSPS) is 10.1. The van der Waals surface area contributed by atoms with Crippen LogP contribution in [0.25, 0.3) is 0 Å². The van der Waals surface area contributed by atoms with Crippen LogP contribution in [0, 0.1) is 0 Å². The van der Waals surface area contributed by atoms with Gasteiger partial charge in [-0.3, -0.25) is 0 Å². The van der Waals surface area contributed by atoms with Gasteiger partial charge in [-0.15, -0.1) is 0 Å². The molecule has 0 amide bonds. The molecule has 0 radical (unpaired) electrons. The fraction of sp³-hybridized carbons (Fsp3) is 1.00. The lowest BCUT2D eigenvalue weighted by molar-refractivity contribution is -0.849. The monoisotopic (exact) mass is 255 g/mol. The topological polar surface area (TPSA) is 20.3 Å². The molecule has 0 atom stereocenters.